The molecule has 2 nitrogen and oxygen atoms in total. The van der Waals surface area contributed by atoms with Gasteiger partial charge < -0.3 is 4.74 Å². The van der Waals surface area contributed by atoms with Crippen LogP contribution in [-0.4, -0.2) is 12.1 Å². The van der Waals surface area contributed by atoms with E-state index in [1.165, 1.54) is 11.3 Å². The van der Waals surface area contributed by atoms with Crippen LogP contribution in [-0.2, 0) is 0 Å². The molecule has 4 heteroatoms. The highest BCUT2D eigenvalue weighted by atomic mass is 35.5. The number of ether oxygens (including phenoxy) is 1. The van der Waals surface area contributed by atoms with E-state index in [1.54, 1.807) is 7.11 Å². The normalized spacial score (nSPS) is 10.5. The number of halogens is 1. The average Bonchev–Trinajstić information content (AvgIpc) is 2.46. The molecule has 12 heavy (non-hydrogen) atoms. The number of nitrogens with zero attached hydrogens (tertiary/aromatic N) is 1. The second-order valence-electron chi connectivity index (χ2n) is 2.30. The van der Waals surface area contributed by atoms with Gasteiger partial charge in [0.05, 0.1) is 17.3 Å². The quantitative estimate of drug-likeness (QED) is 0.705. The molecule has 62 valence electrons. The van der Waals surface area contributed by atoms with Crippen molar-refractivity contribution in [1.82, 2.24) is 4.98 Å². The molecule has 0 unspecified atom stereocenters. The number of aromatic nitrogens is 1. The molecule has 1 aromatic heterocycles. The number of benzene rings is 1. The minimum Gasteiger partial charge on any atom is -0.473 e. The van der Waals surface area contributed by atoms with Crippen LogP contribution in [0.25, 0.3) is 10.2 Å². The maximum absolute atomic E-state index is 5.79. The summed E-state index contributed by atoms with van der Waals surface area (Å²) in [7, 11) is 1.61. The molecule has 2 rings (SSSR count). The van der Waals surface area contributed by atoms with Crippen molar-refractivity contribution in [3.8, 4) is 5.19 Å². The van der Waals surface area contributed by atoms with Crippen molar-refractivity contribution < 1.29 is 4.74 Å². The Kier molecular flexibility index (Phi) is 1.90. The number of rotatable bonds is 1. The van der Waals surface area contributed by atoms with E-state index in [0.29, 0.717) is 10.2 Å². The largest absolute Gasteiger partial charge is 0.473 e. The predicted octanol–water partition coefficient (Wildman–Crippen LogP) is 2.96. The lowest BCUT2D eigenvalue weighted by Gasteiger charge is -1.86. The lowest BCUT2D eigenvalue weighted by Crippen LogP contribution is -1.78. The summed E-state index contributed by atoms with van der Waals surface area (Å²) < 4.78 is 6.10. The number of hydrogen-bond donors (Lipinski definition) is 0. The molecule has 0 aliphatic carbocycles. The fourth-order valence-electron chi connectivity index (χ4n) is 0.967. The van der Waals surface area contributed by atoms with Gasteiger partial charge in [0.15, 0.2) is 0 Å². The molecule has 0 saturated carbocycles. The Bertz CT molecular complexity index is 412. The molecular formula is C8H6ClNOS. The van der Waals surface area contributed by atoms with Crippen LogP contribution in [0.1, 0.15) is 0 Å². The third-order valence-corrected chi connectivity index (χ3v) is 2.74. The fourth-order valence-corrected chi connectivity index (χ4v) is 1.89. The summed E-state index contributed by atoms with van der Waals surface area (Å²) in [6.45, 7) is 0. The predicted molar refractivity (Wildman–Crippen MR) is 51.2 cm³/mol. The Morgan fingerprint density at radius 1 is 1.50 bits per heavy atom. The molecule has 0 aliphatic heterocycles. The Balaban J connectivity index is 2.67. The number of methoxy groups -OCH3 is 1. The molecule has 0 aliphatic rings. The zero-order chi connectivity index (χ0) is 8.55. The van der Waals surface area contributed by atoms with Crippen molar-refractivity contribution in [3.05, 3.63) is 23.2 Å². The van der Waals surface area contributed by atoms with Crippen molar-refractivity contribution in [2.75, 3.05) is 7.11 Å². The molecule has 0 fully saturated rings. The van der Waals surface area contributed by atoms with Gasteiger partial charge in [0.1, 0.15) is 0 Å². The number of thiazole rings is 1. The minimum absolute atomic E-state index is 0.673. The molecule has 0 amide bonds. The van der Waals surface area contributed by atoms with Crippen LogP contribution in [0.4, 0.5) is 0 Å². The van der Waals surface area contributed by atoms with Crippen molar-refractivity contribution in [2.45, 2.75) is 0 Å². The third-order valence-electron chi connectivity index (χ3n) is 1.50. The van der Waals surface area contributed by atoms with Crippen molar-refractivity contribution in [1.29, 1.82) is 0 Å². The van der Waals surface area contributed by atoms with E-state index in [9.17, 15) is 0 Å². The molecule has 0 spiro atoms. The summed E-state index contributed by atoms with van der Waals surface area (Å²) >= 11 is 7.31. The van der Waals surface area contributed by atoms with Gasteiger partial charge in [-0.2, -0.15) is 0 Å². The zero-order valence-electron chi connectivity index (χ0n) is 6.37. The van der Waals surface area contributed by atoms with Crippen LogP contribution in [0.5, 0.6) is 5.19 Å². The van der Waals surface area contributed by atoms with Crippen LogP contribution >= 0.6 is 22.9 Å². The Labute approximate surface area is 78.8 Å². The lowest BCUT2D eigenvalue weighted by molar-refractivity contribution is 0.413. The summed E-state index contributed by atoms with van der Waals surface area (Å²) in [6.07, 6.45) is 0. The van der Waals surface area contributed by atoms with E-state index in [2.05, 4.69) is 4.98 Å². The van der Waals surface area contributed by atoms with Gasteiger partial charge in [-0.3, -0.25) is 0 Å². The molecule has 1 heterocycles. The van der Waals surface area contributed by atoms with Gasteiger partial charge >= 0.3 is 0 Å². The fraction of sp³-hybridized carbons (Fsp3) is 0.125. The van der Waals surface area contributed by atoms with E-state index in [-0.39, 0.29) is 0 Å². The van der Waals surface area contributed by atoms with Gasteiger partial charge in [0, 0.05) is 5.02 Å². The molecule has 0 atom stereocenters. The second kappa shape index (κ2) is 2.92. The first-order valence-corrected chi connectivity index (χ1v) is 4.59. The van der Waals surface area contributed by atoms with Gasteiger partial charge in [-0.05, 0) is 18.2 Å². The SMILES string of the molecule is COc1nc2cc(Cl)ccc2s1. The van der Waals surface area contributed by atoms with E-state index >= 15 is 0 Å². The molecule has 1 aromatic carbocycles. The smallest absolute Gasteiger partial charge is 0.274 e. The molecule has 0 saturated heterocycles. The number of hydrogen-bond acceptors (Lipinski definition) is 3. The van der Waals surface area contributed by atoms with Crippen molar-refractivity contribution in [3.63, 3.8) is 0 Å². The van der Waals surface area contributed by atoms with Crippen LogP contribution in [0.3, 0.4) is 0 Å². The zero-order valence-corrected chi connectivity index (χ0v) is 7.95. The maximum Gasteiger partial charge on any atom is 0.274 e. The summed E-state index contributed by atoms with van der Waals surface area (Å²) in [6, 6.07) is 5.62. The van der Waals surface area contributed by atoms with Gasteiger partial charge in [-0.15, -0.1) is 0 Å². The molecule has 2 aromatic rings. The van der Waals surface area contributed by atoms with Crippen LogP contribution in [0.2, 0.25) is 5.02 Å². The molecular weight excluding hydrogens is 194 g/mol. The van der Waals surface area contributed by atoms with E-state index in [0.717, 1.165) is 10.2 Å². The Morgan fingerprint density at radius 3 is 3.08 bits per heavy atom. The topological polar surface area (TPSA) is 22.1 Å². The highest BCUT2D eigenvalue weighted by Gasteiger charge is 2.02. The maximum atomic E-state index is 5.79. The third kappa shape index (κ3) is 1.26. The van der Waals surface area contributed by atoms with Crippen molar-refractivity contribution >= 4 is 33.2 Å². The standard InChI is InChI=1S/C8H6ClNOS/c1-11-8-10-6-4-5(9)2-3-7(6)12-8/h2-4H,1H3. The average molecular weight is 200 g/mol. The van der Waals surface area contributed by atoms with E-state index < -0.39 is 0 Å². The summed E-state index contributed by atoms with van der Waals surface area (Å²) in [5.74, 6) is 0. The van der Waals surface area contributed by atoms with Gasteiger partial charge in [0.2, 0.25) is 0 Å². The molecule has 0 N–H and O–H groups in total. The first-order chi connectivity index (χ1) is 5.79. The van der Waals surface area contributed by atoms with Gasteiger partial charge in [-0.25, -0.2) is 4.98 Å². The van der Waals surface area contributed by atoms with E-state index in [4.69, 9.17) is 16.3 Å². The van der Waals surface area contributed by atoms with Crippen LogP contribution in [0, 0.1) is 0 Å². The minimum atomic E-state index is 0.673. The lowest BCUT2D eigenvalue weighted by atomic mass is 10.3. The summed E-state index contributed by atoms with van der Waals surface area (Å²) in [4.78, 5) is 4.20. The van der Waals surface area contributed by atoms with Crippen LogP contribution in [0.15, 0.2) is 18.2 Å². The monoisotopic (exact) mass is 199 g/mol. The van der Waals surface area contributed by atoms with Crippen molar-refractivity contribution in [2.24, 2.45) is 0 Å². The van der Waals surface area contributed by atoms with Gasteiger partial charge in [-0.1, -0.05) is 22.9 Å². The summed E-state index contributed by atoms with van der Waals surface area (Å²) in [5.41, 5.74) is 0.893. The Morgan fingerprint density at radius 2 is 2.33 bits per heavy atom. The van der Waals surface area contributed by atoms with E-state index in [1.807, 2.05) is 18.2 Å². The Hall–Kier alpha value is -0.800. The molecule has 0 radical (unpaired) electrons. The van der Waals surface area contributed by atoms with Gasteiger partial charge in [0.25, 0.3) is 5.19 Å². The van der Waals surface area contributed by atoms with Crippen LogP contribution < -0.4 is 4.74 Å². The number of fused-ring (bicyclic) bond motifs is 1. The first kappa shape index (κ1) is 7.83. The second-order valence-corrected chi connectivity index (χ2v) is 3.73. The summed E-state index contributed by atoms with van der Waals surface area (Å²) in [5, 5.41) is 1.38. The first-order valence-electron chi connectivity index (χ1n) is 3.39. The molecule has 0 bridgehead atoms. The highest BCUT2D eigenvalue weighted by molar-refractivity contribution is 7.20. The highest BCUT2D eigenvalue weighted by Crippen LogP contribution is 2.28.